The van der Waals surface area contributed by atoms with Gasteiger partial charge in [-0.3, -0.25) is 13.8 Å². The lowest BCUT2D eigenvalue weighted by Gasteiger charge is -2.15. The van der Waals surface area contributed by atoms with Crippen molar-refractivity contribution < 1.29 is 9.90 Å². The number of rotatable bonds is 2. The second-order valence-corrected chi connectivity index (χ2v) is 4.64. The number of hydrogen-bond donors (Lipinski definition) is 2. The molecule has 1 aliphatic rings. The van der Waals surface area contributed by atoms with Crippen LogP contribution < -0.4 is 11.0 Å². The molecule has 22 heavy (non-hydrogen) atoms. The van der Waals surface area contributed by atoms with Crippen LogP contribution >= 0.6 is 0 Å². The van der Waals surface area contributed by atoms with Crippen molar-refractivity contribution in [1.82, 2.24) is 14.3 Å². The first-order valence-electron chi connectivity index (χ1n) is 6.99. The van der Waals surface area contributed by atoms with Gasteiger partial charge in [0.2, 0.25) is 0 Å². The summed E-state index contributed by atoms with van der Waals surface area (Å²) in [5.41, 5.74) is 1.58. The van der Waals surface area contributed by atoms with E-state index in [1.807, 2.05) is 24.3 Å². The Morgan fingerprint density at radius 1 is 1.32 bits per heavy atom. The van der Waals surface area contributed by atoms with Crippen LogP contribution in [-0.2, 0) is 0 Å². The summed E-state index contributed by atoms with van der Waals surface area (Å²) in [6.45, 7) is 0. The molecule has 0 radical (unpaired) electrons. The molecule has 6 heteroatoms. The molecule has 0 aliphatic heterocycles. The maximum absolute atomic E-state index is 12.6. The Balaban J connectivity index is 0.000000847. The number of allylic oxidation sites excluding steroid dienone is 4. The van der Waals surface area contributed by atoms with Gasteiger partial charge in [-0.25, -0.2) is 4.79 Å². The highest BCUT2D eigenvalue weighted by Gasteiger charge is 2.16. The summed E-state index contributed by atoms with van der Waals surface area (Å²) in [6.07, 6.45) is 9.40. The third-order valence-electron chi connectivity index (χ3n) is 3.40. The van der Waals surface area contributed by atoms with Crippen molar-refractivity contribution in [1.29, 1.82) is 0 Å². The minimum Gasteiger partial charge on any atom is -0.400 e. The van der Waals surface area contributed by atoms with E-state index < -0.39 is 0 Å². The third kappa shape index (κ3) is 2.73. The van der Waals surface area contributed by atoms with Crippen LogP contribution in [0.4, 0.5) is 0 Å². The van der Waals surface area contributed by atoms with Crippen molar-refractivity contribution in [2.24, 2.45) is 0 Å². The molecule has 0 bridgehead atoms. The van der Waals surface area contributed by atoms with E-state index in [1.165, 1.54) is 8.97 Å². The van der Waals surface area contributed by atoms with E-state index in [0.717, 1.165) is 25.6 Å². The number of nitrogens with one attached hydrogen (secondary N) is 1. The van der Waals surface area contributed by atoms with Crippen LogP contribution in [0.15, 0.2) is 47.4 Å². The van der Waals surface area contributed by atoms with Crippen molar-refractivity contribution in [3.63, 3.8) is 0 Å². The number of amides is 1. The molecule has 2 heterocycles. The summed E-state index contributed by atoms with van der Waals surface area (Å²) >= 11 is 0. The predicted molar refractivity (Wildman–Crippen MR) is 85.8 cm³/mol. The molecule has 2 N–H and O–H groups in total. The zero-order valence-corrected chi connectivity index (χ0v) is 12.6. The molecular formula is C16H19N3O3. The summed E-state index contributed by atoms with van der Waals surface area (Å²) in [5.74, 6) is -0.273. The number of aliphatic hydroxyl groups is 1. The first-order chi connectivity index (χ1) is 10.7. The molecule has 0 saturated heterocycles. The second-order valence-electron chi connectivity index (χ2n) is 4.64. The van der Waals surface area contributed by atoms with Gasteiger partial charge in [-0.15, -0.1) is 0 Å². The minimum absolute atomic E-state index is 0.232. The quantitative estimate of drug-likeness (QED) is 0.877. The normalized spacial score (nSPS) is 13.3. The van der Waals surface area contributed by atoms with E-state index in [0.29, 0.717) is 11.2 Å². The van der Waals surface area contributed by atoms with Crippen LogP contribution in [0.2, 0.25) is 0 Å². The lowest BCUT2D eigenvalue weighted by atomic mass is 10.1. The zero-order valence-electron chi connectivity index (χ0n) is 12.6. The molecule has 3 rings (SSSR count). The number of carbonyl (C=O) groups is 1. The molecule has 2 aromatic rings. The minimum atomic E-state index is -0.273. The third-order valence-corrected chi connectivity index (χ3v) is 3.40. The smallest absolute Gasteiger partial charge is 0.337 e. The van der Waals surface area contributed by atoms with Crippen LogP contribution in [0.3, 0.4) is 0 Å². The SMILES string of the molecule is CNC(=O)c1cc2cccn2c(=O)n1C1=CCCC=C1.CO. The fourth-order valence-electron chi connectivity index (χ4n) is 2.41. The highest BCUT2D eigenvalue weighted by Crippen LogP contribution is 2.16. The Kier molecular flexibility index (Phi) is 4.95. The van der Waals surface area contributed by atoms with Gasteiger partial charge in [0.15, 0.2) is 0 Å². The van der Waals surface area contributed by atoms with Crippen molar-refractivity contribution in [3.8, 4) is 0 Å². The Morgan fingerprint density at radius 2 is 2.09 bits per heavy atom. The van der Waals surface area contributed by atoms with Gasteiger partial charge in [0, 0.05) is 26.1 Å². The van der Waals surface area contributed by atoms with Crippen LogP contribution in [0.5, 0.6) is 0 Å². The number of aliphatic hydroxyl groups excluding tert-OH is 1. The highest BCUT2D eigenvalue weighted by atomic mass is 16.2. The lowest BCUT2D eigenvalue weighted by Crippen LogP contribution is -2.33. The fourth-order valence-corrected chi connectivity index (χ4v) is 2.41. The molecule has 0 saturated carbocycles. The maximum Gasteiger partial charge on any atom is 0.337 e. The molecular weight excluding hydrogens is 282 g/mol. The largest absolute Gasteiger partial charge is 0.400 e. The first-order valence-corrected chi connectivity index (χ1v) is 6.99. The molecule has 2 aromatic heterocycles. The van der Waals surface area contributed by atoms with E-state index in [1.54, 1.807) is 25.4 Å². The molecule has 1 amide bonds. The van der Waals surface area contributed by atoms with Crippen LogP contribution in [0.1, 0.15) is 23.3 Å². The Bertz CT molecular complexity index is 797. The standard InChI is InChI=1S/C15H15N3O2.CH4O/c1-16-14(19)13-10-12-8-5-9-17(12)15(20)18(13)11-6-3-2-4-7-11;1-2/h3,5-10H,2,4H2,1H3,(H,16,19);2H,1H3. The van der Waals surface area contributed by atoms with E-state index in [4.69, 9.17) is 5.11 Å². The first kappa shape index (κ1) is 15.8. The van der Waals surface area contributed by atoms with E-state index >= 15 is 0 Å². The van der Waals surface area contributed by atoms with Crippen molar-refractivity contribution in [2.75, 3.05) is 14.2 Å². The molecule has 0 aromatic carbocycles. The van der Waals surface area contributed by atoms with E-state index in [-0.39, 0.29) is 11.6 Å². The Morgan fingerprint density at radius 3 is 2.73 bits per heavy atom. The molecule has 0 spiro atoms. The number of carbonyl (C=O) groups excluding carboxylic acids is 1. The van der Waals surface area contributed by atoms with Crippen LogP contribution in [0.25, 0.3) is 11.2 Å². The Hall–Kier alpha value is -2.60. The van der Waals surface area contributed by atoms with E-state index in [2.05, 4.69) is 5.32 Å². The highest BCUT2D eigenvalue weighted by molar-refractivity contribution is 5.94. The Labute approximate surface area is 128 Å². The van der Waals surface area contributed by atoms with Crippen molar-refractivity contribution >= 4 is 17.1 Å². The molecule has 116 valence electrons. The number of hydrogen-bond acceptors (Lipinski definition) is 3. The number of nitrogens with zero attached hydrogens (tertiary/aromatic N) is 2. The van der Waals surface area contributed by atoms with Gasteiger partial charge < -0.3 is 10.4 Å². The topological polar surface area (TPSA) is 75.7 Å². The zero-order chi connectivity index (χ0) is 16.1. The number of aromatic nitrogens is 2. The molecule has 6 nitrogen and oxygen atoms in total. The van der Waals surface area contributed by atoms with Crippen LogP contribution in [-0.4, -0.2) is 34.1 Å². The molecule has 0 fully saturated rings. The van der Waals surface area contributed by atoms with Gasteiger partial charge in [0.1, 0.15) is 5.69 Å². The average molecular weight is 301 g/mol. The lowest BCUT2D eigenvalue weighted by molar-refractivity contribution is 0.0955. The summed E-state index contributed by atoms with van der Waals surface area (Å²) in [4.78, 5) is 24.7. The van der Waals surface area contributed by atoms with Gasteiger partial charge in [0.25, 0.3) is 5.91 Å². The molecule has 0 atom stereocenters. The maximum atomic E-state index is 12.6. The van der Waals surface area contributed by atoms with Crippen molar-refractivity contribution in [3.05, 3.63) is 58.8 Å². The summed E-state index contributed by atoms with van der Waals surface area (Å²) in [7, 11) is 2.56. The monoisotopic (exact) mass is 301 g/mol. The summed E-state index contributed by atoms with van der Waals surface area (Å²) in [5, 5.41) is 9.59. The van der Waals surface area contributed by atoms with Gasteiger partial charge in [-0.1, -0.05) is 12.2 Å². The van der Waals surface area contributed by atoms with Crippen LogP contribution in [0, 0.1) is 0 Å². The predicted octanol–water partition coefficient (Wildman–Crippen LogP) is 1.26. The van der Waals surface area contributed by atoms with Gasteiger partial charge in [0.05, 0.1) is 5.52 Å². The van der Waals surface area contributed by atoms with Gasteiger partial charge >= 0.3 is 5.69 Å². The average Bonchev–Trinajstić information content (AvgIpc) is 3.05. The van der Waals surface area contributed by atoms with Gasteiger partial charge in [-0.2, -0.15) is 0 Å². The van der Waals surface area contributed by atoms with Gasteiger partial charge in [-0.05, 0) is 37.1 Å². The number of fused-ring (bicyclic) bond motifs is 1. The summed E-state index contributed by atoms with van der Waals surface area (Å²) in [6, 6.07) is 5.33. The molecule has 0 unspecified atom stereocenters. The van der Waals surface area contributed by atoms with Crippen molar-refractivity contribution in [2.45, 2.75) is 12.8 Å². The molecule has 1 aliphatic carbocycles. The summed E-state index contributed by atoms with van der Waals surface area (Å²) < 4.78 is 3.00. The fraction of sp³-hybridized carbons (Fsp3) is 0.250. The van der Waals surface area contributed by atoms with E-state index in [9.17, 15) is 9.59 Å². The second kappa shape index (κ2) is 6.91.